The second-order valence-corrected chi connectivity index (χ2v) is 7.65. The average Bonchev–Trinajstić information content (AvgIpc) is 3.46. The second kappa shape index (κ2) is 8.13. The Labute approximate surface area is 162 Å². The zero-order valence-corrected chi connectivity index (χ0v) is 16.1. The van der Waals surface area contributed by atoms with Crippen molar-refractivity contribution in [3.8, 4) is 5.75 Å². The van der Waals surface area contributed by atoms with Gasteiger partial charge in [-0.05, 0) is 55.2 Å². The summed E-state index contributed by atoms with van der Waals surface area (Å²) >= 11 is 1.72. The van der Waals surface area contributed by atoms with Crippen LogP contribution in [0, 0.1) is 5.82 Å². The van der Waals surface area contributed by atoms with Gasteiger partial charge < -0.3 is 9.30 Å². The number of aromatic nitrogens is 3. The van der Waals surface area contributed by atoms with Crippen LogP contribution in [0.4, 0.5) is 4.39 Å². The summed E-state index contributed by atoms with van der Waals surface area (Å²) in [6, 6.07) is 14.5. The van der Waals surface area contributed by atoms with Gasteiger partial charge in [0, 0.05) is 18.2 Å². The fourth-order valence-electron chi connectivity index (χ4n) is 2.92. The molecule has 0 aliphatic heterocycles. The van der Waals surface area contributed by atoms with Crippen LogP contribution >= 0.6 is 11.8 Å². The van der Waals surface area contributed by atoms with Crippen LogP contribution in [-0.4, -0.2) is 14.8 Å². The average molecular weight is 383 g/mol. The minimum atomic E-state index is -0.233. The number of ether oxygens (including phenoxy) is 1. The van der Waals surface area contributed by atoms with Gasteiger partial charge in [-0.1, -0.05) is 36.0 Å². The fourth-order valence-corrected chi connectivity index (χ4v) is 3.89. The van der Waals surface area contributed by atoms with Gasteiger partial charge >= 0.3 is 0 Å². The highest BCUT2D eigenvalue weighted by molar-refractivity contribution is 7.98. The van der Waals surface area contributed by atoms with Crippen LogP contribution in [0.1, 0.15) is 42.6 Å². The summed E-state index contributed by atoms with van der Waals surface area (Å²) in [5.41, 5.74) is 2.16. The Bertz CT molecular complexity index is 889. The van der Waals surface area contributed by atoms with E-state index in [1.165, 1.54) is 30.5 Å². The highest BCUT2D eigenvalue weighted by Gasteiger charge is 2.29. The minimum Gasteiger partial charge on any atom is -0.489 e. The highest BCUT2D eigenvalue weighted by Crippen LogP contribution is 2.40. The maximum atomic E-state index is 12.9. The van der Waals surface area contributed by atoms with Crippen LogP contribution in [-0.2, 0) is 18.9 Å². The maximum Gasteiger partial charge on any atom is 0.191 e. The van der Waals surface area contributed by atoms with E-state index in [4.69, 9.17) is 4.74 Å². The summed E-state index contributed by atoms with van der Waals surface area (Å²) in [5.74, 6) is 3.18. The molecule has 3 aromatic rings. The normalized spacial score (nSPS) is 13.7. The van der Waals surface area contributed by atoms with Gasteiger partial charge in [0.05, 0.1) is 0 Å². The number of rotatable bonds is 8. The Morgan fingerprint density at radius 2 is 1.74 bits per heavy atom. The summed E-state index contributed by atoms with van der Waals surface area (Å²) in [6.07, 6.45) is 2.48. The predicted octanol–water partition coefficient (Wildman–Crippen LogP) is 5.19. The molecule has 0 unspecified atom stereocenters. The molecule has 0 radical (unpaired) electrons. The molecule has 4 rings (SSSR count). The molecule has 6 heteroatoms. The van der Waals surface area contributed by atoms with Crippen LogP contribution < -0.4 is 4.74 Å². The van der Waals surface area contributed by atoms with Gasteiger partial charge in [-0.15, -0.1) is 10.2 Å². The lowest BCUT2D eigenvalue weighted by molar-refractivity contribution is 0.306. The maximum absolute atomic E-state index is 12.9. The van der Waals surface area contributed by atoms with Crippen LogP contribution in [0.15, 0.2) is 53.7 Å². The van der Waals surface area contributed by atoms with E-state index in [2.05, 4.69) is 33.8 Å². The van der Waals surface area contributed by atoms with Gasteiger partial charge in [-0.25, -0.2) is 4.39 Å². The van der Waals surface area contributed by atoms with Crippen molar-refractivity contribution >= 4 is 11.8 Å². The van der Waals surface area contributed by atoms with Gasteiger partial charge in [0.25, 0.3) is 0 Å². The molecule has 2 aromatic carbocycles. The molecule has 1 aromatic heterocycles. The van der Waals surface area contributed by atoms with Gasteiger partial charge in [0.15, 0.2) is 5.16 Å². The molecule has 1 aliphatic rings. The molecule has 140 valence electrons. The minimum absolute atomic E-state index is 0.233. The molecule has 1 fully saturated rings. The monoisotopic (exact) mass is 383 g/mol. The number of thioether (sulfide) groups is 1. The summed E-state index contributed by atoms with van der Waals surface area (Å²) < 4.78 is 20.9. The van der Waals surface area contributed by atoms with Crippen molar-refractivity contribution in [1.29, 1.82) is 0 Å². The summed E-state index contributed by atoms with van der Waals surface area (Å²) in [7, 11) is 0. The number of nitrogens with zero attached hydrogens (tertiary/aromatic N) is 3. The van der Waals surface area contributed by atoms with Crippen molar-refractivity contribution in [3.63, 3.8) is 0 Å². The summed E-state index contributed by atoms with van der Waals surface area (Å²) in [6.45, 7) is 3.49. The van der Waals surface area contributed by atoms with E-state index in [0.717, 1.165) is 34.6 Å². The van der Waals surface area contributed by atoms with E-state index >= 15 is 0 Å². The third-order valence-electron chi connectivity index (χ3n) is 4.61. The van der Waals surface area contributed by atoms with Gasteiger partial charge in [-0.2, -0.15) is 0 Å². The molecule has 0 amide bonds. The highest BCUT2D eigenvalue weighted by atomic mass is 32.2. The van der Waals surface area contributed by atoms with Gasteiger partial charge in [0.2, 0.25) is 0 Å². The molecule has 1 saturated carbocycles. The van der Waals surface area contributed by atoms with Gasteiger partial charge in [-0.3, -0.25) is 0 Å². The van der Waals surface area contributed by atoms with E-state index in [1.54, 1.807) is 23.9 Å². The zero-order valence-electron chi connectivity index (χ0n) is 15.3. The Hall–Kier alpha value is -2.34. The van der Waals surface area contributed by atoms with Crippen molar-refractivity contribution in [3.05, 3.63) is 71.3 Å². The van der Waals surface area contributed by atoms with Crippen LogP contribution in [0.2, 0.25) is 0 Å². The molecular formula is C21H22FN3OS. The molecule has 0 saturated heterocycles. The molecule has 0 bridgehead atoms. The zero-order chi connectivity index (χ0) is 18.6. The lowest BCUT2D eigenvalue weighted by Crippen LogP contribution is -2.02. The predicted molar refractivity (Wildman–Crippen MR) is 104 cm³/mol. The first-order chi connectivity index (χ1) is 13.2. The number of benzene rings is 2. The first kappa shape index (κ1) is 18.0. The standard InChI is InChI=1S/C21H22FN3OS/c1-2-25-20(17-7-8-17)23-24-21(25)27-14-16-5-11-19(12-6-16)26-13-15-3-9-18(22)10-4-15/h3-6,9-12,17H,2,7-8,13-14H2,1H3. The molecule has 1 heterocycles. The van der Waals surface area contributed by atoms with E-state index in [0.29, 0.717) is 12.5 Å². The molecule has 4 nitrogen and oxygen atoms in total. The van der Waals surface area contributed by atoms with Crippen LogP contribution in [0.3, 0.4) is 0 Å². The first-order valence-corrected chi connectivity index (χ1v) is 10.2. The van der Waals surface area contributed by atoms with Crippen molar-refractivity contribution < 1.29 is 9.13 Å². The van der Waals surface area contributed by atoms with Crippen LogP contribution in [0.25, 0.3) is 0 Å². The Kier molecular flexibility index (Phi) is 5.43. The van der Waals surface area contributed by atoms with Crippen molar-refractivity contribution in [2.45, 2.75) is 49.7 Å². The van der Waals surface area contributed by atoms with Gasteiger partial charge in [0.1, 0.15) is 24.0 Å². The number of halogens is 1. The van der Waals surface area contributed by atoms with E-state index in [9.17, 15) is 4.39 Å². The van der Waals surface area contributed by atoms with E-state index < -0.39 is 0 Å². The van der Waals surface area contributed by atoms with Crippen molar-refractivity contribution in [2.24, 2.45) is 0 Å². The SMILES string of the molecule is CCn1c(SCc2ccc(OCc3ccc(F)cc3)cc2)nnc1C1CC1. The smallest absolute Gasteiger partial charge is 0.191 e. The molecule has 0 atom stereocenters. The first-order valence-electron chi connectivity index (χ1n) is 9.25. The largest absolute Gasteiger partial charge is 0.489 e. The molecule has 1 aliphatic carbocycles. The Morgan fingerprint density at radius 3 is 2.41 bits per heavy atom. The lowest BCUT2D eigenvalue weighted by atomic mass is 10.2. The summed E-state index contributed by atoms with van der Waals surface area (Å²) in [5, 5.41) is 9.75. The molecule has 0 N–H and O–H groups in total. The third-order valence-corrected chi connectivity index (χ3v) is 5.65. The fraction of sp³-hybridized carbons (Fsp3) is 0.333. The van der Waals surface area contributed by atoms with E-state index in [-0.39, 0.29) is 5.82 Å². The van der Waals surface area contributed by atoms with E-state index in [1.807, 2.05) is 12.1 Å². The van der Waals surface area contributed by atoms with Crippen LogP contribution in [0.5, 0.6) is 5.75 Å². The molecule has 0 spiro atoms. The number of hydrogen-bond acceptors (Lipinski definition) is 4. The molecule has 27 heavy (non-hydrogen) atoms. The Balaban J connectivity index is 1.32. The second-order valence-electron chi connectivity index (χ2n) is 6.71. The lowest BCUT2D eigenvalue weighted by Gasteiger charge is -2.08. The number of hydrogen-bond donors (Lipinski definition) is 0. The Morgan fingerprint density at radius 1 is 1.04 bits per heavy atom. The third kappa shape index (κ3) is 4.50. The quantitative estimate of drug-likeness (QED) is 0.502. The topological polar surface area (TPSA) is 39.9 Å². The molecular weight excluding hydrogens is 361 g/mol. The van der Waals surface area contributed by atoms with Crippen molar-refractivity contribution in [2.75, 3.05) is 0 Å². The van der Waals surface area contributed by atoms with Crippen molar-refractivity contribution in [1.82, 2.24) is 14.8 Å². The summed E-state index contributed by atoms with van der Waals surface area (Å²) in [4.78, 5) is 0.